The van der Waals surface area contributed by atoms with Gasteiger partial charge in [0.05, 0.1) is 5.69 Å². The lowest BCUT2D eigenvalue weighted by Gasteiger charge is -2.35. The molecule has 1 aliphatic rings. The summed E-state index contributed by atoms with van der Waals surface area (Å²) in [6.07, 6.45) is 0. The molecule has 0 spiro atoms. The third-order valence-corrected chi connectivity index (χ3v) is 3.46. The number of piperazine rings is 1. The number of hydrogen-bond acceptors (Lipinski definition) is 4. The van der Waals surface area contributed by atoms with Crippen molar-refractivity contribution in [3.63, 3.8) is 0 Å². The van der Waals surface area contributed by atoms with Gasteiger partial charge in [-0.2, -0.15) is 5.26 Å². The van der Waals surface area contributed by atoms with E-state index in [-0.39, 0.29) is 0 Å². The molecule has 0 unspecified atom stereocenters. The molecule has 0 bridgehead atoms. The van der Waals surface area contributed by atoms with Crippen molar-refractivity contribution in [1.82, 2.24) is 9.47 Å². The molecule has 0 atom stereocenters. The Balaban J connectivity index is 2.19. The van der Waals surface area contributed by atoms with Gasteiger partial charge in [-0.05, 0) is 12.6 Å². The Morgan fingerprint density at radius 3 is 2.47 bits per heavy atom. The normalized spacial score (nSPS) is 17.1. The molecule has 0 radical (unpaired) electrons. The molecule has 1 aliphatic heterocycles. The minimum absolute atomic E-state index is 0.621. The number of rotatable bonds is 2. The fraction of sp³-hybridized carbons (Fsp3) is 0.583. The zero-order valence-corrected chi connectivity index (χ0v) is 10.5. The molecule has 2 heterocycles. The third-order valence-electron chi connectivity index (χ3n) is 3.46. The molecule has 0 saturated carbocycles. The van der Waals surface area contributed by atoms with Gasteiger partial charge in [0.1, 0.15) is 17.6 Å². The Hall–Kier alpha value is -1.67. The maximum absolute atomic E-state index is 8.98. The Bertz CT molecular complexity index is 434. The van der Waals surface area contributed by atoms with Gasteiger partial charge in [0, 0.05) is 33.2 Å². The van der Waals surface area contributed by atoms with Crippen molar-refractivity contribution in [3.8, 4) is 6.07 Å². The minimum Gasteiger partial charge on any atom is -0.396 e. The van der Waals surface area contributed by atoms with E-state index in [1.165, 1.54) is 0 Å². The summed E-state index contributed by atoms with van der Waals surface area (Å²) in [4.78, 5) is 4.68. The molecular formula is C12H19N5. The van der Waals surface area contributed by atoms with Gasteiger partial charge in [-0.15, -0.1) is 0 Å². The van der Waals surface area contributed by atoms with Crippen LogP contribution in [0.5, 0.6) is 0 Å². The second kappa shape index (κ2) is 4.68. The van der Waals surface area contributed by atoms with Gasteiger partial charge in [0.25, 0.3) is 0 Å². The lowest BCUT2D eigenvalue weighted by molar-refractivity contribution is 0.270. The van der Waals surface area contributed by atoms with Crippen LogP contribution < -0.4 is 10.6 Å². The average molecular weight is 233 g/mol. The van der Waals surface area contributed by atoms with Crippen molar-refractivity contribution in [2.24, 2.45) is 7.05 Å². The van der Waals surface area contributed by atoms with E-state index < -0.39 is 0 Å². The topological polar surface area (TPSA) is 61.2 Å². The molecule has 1 aromatic heterocycles. The van der Waals surface area contributed by atoms with Crippen LogP contribution in [0.3, 0.4) is 0 Å². The number of nitriles is 1. The number of aromatic nitrogens is 1. The van der Waals surface area contributed by atoms with Gasteiger partial charge < -0.3 is 20.1 Å². The molecule has 1 saturated heterocycles. The van der Waals surface area contributed by atoms with Crippen LogP contribution in [-0.2, 0) is 7.05 Å². The highest BCUT2D eigenvalue weighted by atomic mass is 15.3. The van der Waals surface area contributed by atoms with E-state index >= 15 is 0 Å². The van der Waals surface area contributed by atoms with Gasteiger partial charge >= 0.3 is 0 Å². The van der Waals surface area contributed by atoms with Crippen LogP contribution in [-0.4, -0.2) is 42.2 Å². The predicted molar refractivity (Wildman–Crippen MR) is 68.9 cm³/mol. The van der Waals surface area contributed by atoms with Crippen LogP contribution in [0, 0.1) is 11.3 Å². The van der Waals surface area contributed by atoms with Crippen LogP contribution >= 0.6 is 0 Å². The van der Waals surface area contributed by atoms with E-state index in [0.717, 1.165) is 38.5 Å². The maximum Gasteiger partial charge on any atom is 0.133 e. The zero-order valence-electron chi connectivity index (χ0n) is 10.5. The van der Waals surface area contributed by atoms with E-state index in [2.05, 4.69) is 22.8 Å². The second-order valence-corrected chi connectivity index (χ2v) is 4.40. The van der Waals surface area contributed by atoms with E-state index in [9.17, 15) is 0 Å². The zero-order chi connectivity index (χ0) is 12.4. The average Bonchev–Trinajstić information content (AvgIpc) is 2.64. The maximum atomic E-state index is 8.98. The van der Waals surface area contributed by atoms with Crippen molar-refractivity contribution in [2.45, 2.75) is 6.92 Å². The summed E-state index contributed by atoms with van der Waals surface area (Å²) < 4.78 is 1.89. The molecule has 5 heteroatoms. The van der Waals surface area contributed by atoms with E-state index in [0.29, 0.717) is 11.4 Å². The first kappa shape index (κ1) is 11.8. The van der Waals surface area contributed by atoms with E-state index in [1.807, 2.05) is 11.6 Å². The summed E-state index contributed by atoms with van der Waals surface area (Å²) in [6, 6.07) is 3.91. The van der Waals surface area contributed by atoms with Gasteiger partial charge in [0.2, 0.25) is 0 Å². The van der Waals surface area contributed by atoms with Gasteiger partial charge in [-0.3, -0.25) is 0 Å². The van der Waals surface area contributed by atoms with Crippen LogP contribution in [0.2, 0.25) is 0 Å². The summed E-state index contributed by atoms with van der Waals surface area (Å²) in [6.45, 7) is 7.34. The van der Waals surface area contributed by atoms with Crippen molar-refractivity contribution in [1.29, 1.82) is 5.26 Å². The first-order valence-corrected chi connectivity index (χ1v) is 6.00. The Morgan fingerprint density at radius 1 is 1.35 bits per heavy atom. The molecule has 1 fully saturated rings. The SMILES string of the molecule is CCN1CCN(c2c(N)cc(C#N)n2C)CC1. The summed E-state index contributed by atoms with van der Waals surface area (Å²) in [5.41, 5.74) is 7.31. The first-order valence-electron chi connectivity index (χ1n) is 6.00. The number of likely N-dealkylation sites (N-methyl/N-ethyl adjacent to an activating group) is 1. The highest BCUT2D eigenvalue weighted by Gasteiger charge is 2.21. The Kier molecular flexibility index (Phi) is 3.25. The summed E-state index contributed by atoms with van der Waals surface area (Å²) in [5.74, 6) is 0.984. The molecule has 0 aromatic carbocycles. The van der Waals surface area contributed by atoms with E-state index in [4.69, 9.17) is 11.0 Å². The lowest BCUT2D eigenvalue weighted by atomic mass is 10.3. The molecule has 0 amide bonds. The van der Waals surface area contributed by atoms with Crippen LogP contribution in [0.15, 0.2) is 6.07 Å². The van der Waals surface area contributed by atoms with Crippen LogP contribution in [0.25, 0.3) is 0 Å². The number of nitrogen functional groups attached to an aromatic ring is 1. The van der Waals surface area contributed by atoms with Gasteiger partial charge in [-0.25, -0.2) is 0 Å². The first-order chi connectivity index (χ1) is 8.17. The molecule has 17 heavy (non-hydrogen) atoms. The fourth-order valence-corrected chi connectivity index (χ4v) is 2.39. The van der Waals surface area contributed by atoms with Crippen molar-refractivity contribution >= 4 is 11.5 Å². The van der Waals surface area contributed by atoms with Crippen molar-refractivity contribution in [3.05, 3.63) is 11.8 Å². The Morgan fingerprint density at radius 2 is 2.00 bits per heavy atom. The van der Waals surface area contributed by atoms with Gasteiger partial charge in [0.15, 0.2) is 0 Å². The Labute approximate surface area is 102 Å². The standard InChI is InChI=1S/C12H19N5/c1-3-16-4-6-17(7-5-16)12-11(14)8-10(9-13)15(12)2/h8H,3-7,14H2,1-2H3. The van der Waals surface area contributed by atoms with Gasteiger partial charge in [-0.1, -0.05) is 6.92 Å². The molecular weight excluding hydrogens is 214 g/mol. The smallest absolute Gasteiger partial charge is 0.133 e. The number of hydrogen-bond donors (Lipinski definition) is 1. The highest BCUT2D eigenvalue weighted by Crippen LogP contribution is 2.27. The highest BCUT2D eigenvalue weighted by molar-refractivity contribution is 5.67. The summed E-state index contributed by atoms with van der Waals surface area (Å²) in [5, 5.41) is 8.98. The molecule has 0 aliphatic carbocycles. The molecule has 1 aromatic rings. The number of anilines is 2. The van der Waals surface area contributed by atoms with Crippen molar-refractivity contribution < 1.29 is 0 Å². The molecule has 92 valence electrons. The molecule has 5 nitrogen and oxygen atoms in total. The molecule has 2 rings (SSSR count). The van der Waals surface area contributed by atoms with E-state index in [1.54, 1.807) is 6.07 Å². The largest absolute Gasteiger partial charge is 0.396 e. The molecule has 2 N–H and O–H groups in total. The van der Waals surface area contributed by atoms with Crippen LogP contribution in [0.4, 0.5) is 11.5 Å². The van der Waals surface area contributed by atoms with Crippen LogP contribution in [0.1, 0.15) is 12.6 Å². The number of nitrogens with two attached hydrogens (primary N) is 1. The summed E-state index contributed by atoms with van der Waals surface area (Å²) >= 11 is 0. The predicted octanol–water partition coefficient (Wildman–Crippen LogP) is 0.621. The minimum atomic E-state index is 0.621. The third kappa shape index (κ3) is 2.08. The van der Waals surface area contributed by atoms with Crippen molar-refractivity contribution in [2.75, 3.05) is 43.4 Å². The number of nitrogens with zero attached hydrogens (tertiary/aromatic N) is 4. The quantitative estimate of drug-likeness (QED) is 0.813. The second-order valence-electron chi connectivity index (χ2n) is 4.40. The monoisotopic (exact) mass is 233 g/mol. The lowest BCUT2D eigenvalue weighted by Crippen LogP contribution is -2.46. The fourth-order valence-electron chi connectivity index (χ4n) is 2.39. The summed E-state index contributed by atoms with van der Waals surface area (Å²) in [7, 11) is 1.90.